The van der Waals surface area contributed by atoms with Crippen LogP contribution in [0.3, 0.4) is 0 Å². The summed E-state index contributed by atoms with van der Waals surface area (Å²) in [5.41, 5.74) is 0. The molecule has 0 aromatic rings. The molecule has 0 aliphatic carbocycles. The van der Waals surface area contributed by atoms with E-state index < -0.39 is 28.0 Å². The van der Waals surface area contributed by atoms with Crippen LogP contribution < -0.4 is 5.32 Å². The molecule has 0 fully saturated rings. The molecule has 0 saturated carbocycles. The van der Waals surface area contributed by atoms with E-state index in [0.29, 0.717) is 6.42 Å². The molecule has 0 aromatic carbocycles. The van der Waals surface area contributed by atoms with Crippen molar-refractivity contribution in [2.75, 3.05) is 5.75 Å². The monoisotopic (exact) mass is 708 g/mol. The van der Waals surface area contributed by atoms with E-state index in [-0.39, 0.29) is 12.3 Å². The molecule has 1 amide bonds. The van der Waals surface area contributed by atoms with Gasteiger partial charge in [0, 0.05) is 6.42 Å². The number of hydrogen-bond acceptors (Lipinski definition) is 4. The molecule has 3 N–H and O–H groups in total. The van der Waals surface area contributed by atoms with Gasteiger partial charge in [-0.25, -0.2) is 0 Å². The maximum absolute atomic E-state index is 12.5. The number of carbonyl (C=O) groups excluding carboxylic acids is 1. The van der Waals surface area contributed by atoms with Gasteiger partial charge in [0.25, 0.3) is 10.1 Å². The first kappa shape index (κ1) is 47.3. The molecule has 6 nitrogen and oxygen atoms in total. The van der Waals surface area contributed by atoms with Gasteiger partial charge in [-0.15, -0.1) is 0 Å². The summed E-state index contributed by atoms with van der Waals surface area (Å²) in [5.74, 6) is -1.01. The molecule has 0 rings (SSSR count). The topological polar surface area (TPSA) is 104 Å². The largest absolute Gasteiger partial charge is 0.387 e. The van der Waals surface area contributed by atoms with Crippen molar-refractivity contribution in [3.05, 3.63) is 48.6 Å². The number of aliphatic hydroxyl groups is 1. The number of nitrogens with one attached hydrogen (secondary N) is 1. The number of allylic oxidation sites excluding steroid dienone is 7. The van der Waals surface area contributed by atoms with Crippen LogP contribution in [0, 0.1) is 0 Å². The predicted octanol–water partition coefficient (Wildman–Crippen LogP) is 11.9. The summed E-state index contributed by atoms with van der Waals surface area (Å²) < 4.78 is 32.4. The molecule has 0 bridgehead atoms. The molecule has 0 heterocycles. The fourth-order valence-electron chi connectivity index (χ4n) is 5.91. The summed E-state index contributed by atoms with van der Waals surface area (Å²) in [5, 5.41) is 13.2. The minimum absolute atomic E-state index is 0.278. The average molecular weight is 708 g/mol. The number of aliphatic hydroxyl groups excluding tert-OH is 1. The molecule has 0 aliphatic rings. The lowest BCUT2D eigenvalue weighted by molar-refractivity contribution is -0.122. The van der Waals surface area contributed by atoms with E-state index in [2.05, 4.69) is 55.6 Å². The Morgan fingerprint density at radius 1 is 0.551 bits per heavy atom. The first-order valence-electron chi connectivity index (χ1n) is 20.3. The Morgan fingerprint density at radius 2 is 0.939 bits per heavy atom. The summed E-state index contributed by atoms with van der Waals surface area (Å²) in [6.45, 7) is 4.50. The van der Waals surface area contributed by atoms with Crippen LogP contribution in [0.4, 0.5) is 0 Å². The van der Waals surface area contributed by atoms with Crippen LogP contribution in [0.5, 0.6) is 0 Å². The van der Waals surface area contributed by atoms with Crippen molar-refractivity contribution in [3.8, 4) is 0 Å². The molecule has 0 aromatic heterocycles. The minimum atomic E-state index is -4.36. The highest BCUT2D eigenvalue weighted by molar-refractivity contribution is 7.85. The quantitative estimate of drug-likeness (QED) is 0.0342. The molecule has 2 unspecified atom stereocenters. The van der Waals surface area contributed by atoms with E-state index in [1.54, 1.807) is 0 Å². The number of hydrogen-bond donors (Lipinski definition) is 3. The Kier molecular flexibility index (Phi) is 34.9. The molecule has 0 radical (unpaired) electrons. The molecule has 0 spiro atoms. The van der Waals surface area contributed by atoms with Crippen molar-refractivity contribution in [3.63, 3.8) is 0 Å². The van der Waals surface area contributed by atoms with Gasteiger partial charge in [0.1, 0.15) is 0 Å². The van der Waals surface area contributed by atoms with Crippen LogP contribution in [0.15, 0.2) is 48.6 Å². The summed E-state index contributed by atoms with van der Waals surface area (Å²) in [7, 11) is -4.36. The van der Waals surface area contributed by atoms with Gasteiger partial charge in [-0.05, 0) is 64.2 Å². The smallest absolute Gasteiger partial charge is 0.267 e. The molecule has 49 heavy (non-hydrogen) atoms. The summed E-state index contributed by atoms with van der Waals surface area (Å²) in [6, 6.07) is -1.08. The molecule has 0 aliphatic heterocycles. The Morgan fingerprint density at radius 3 is 1.43 bits per heavy atom. The van der Waals surface area contributed by atoms with Gasteiger partial charge in [0.15, 0.2) is 0 Å². The molecule has 2 atom stereocenters. The van der Waals surface area contributed by atoms with E-state index >= 15 is 0 Å². The zero-order chi connectivity index (χ0) is 36.1. The van der Waals surface area contributed by atoms with Crippen molar-refractivity contribution in [2.24, 2.45) is 0 Å². The van der Waals surface area contributed by atoms with Gasteiger partial charge in [-0.1, -0.05) is 172 Å². The second-order valence-corrected chi connectivity index (χ2v) is 15.4. The van der Waals surface area contributed by atoms with Crippen LogP contribution in [-0.2, 0) is 14.9 Å². The first-order chi connectivity index (χ1) is 23.8. The molecular weight excluding hydrogens is 631 g/mol. The van der Waals surface area contributed by atoms with E-state index in [4.69, 9.17) is 0 Å². The molecule has 286 valence electrons. The molecular formula is C42H77NO5S. The van der Waals surface area contributed by atoms with E-state index in [1.165, 1.54) is 122 Å². The van der Waals surface area contributed by atoms with Crippen molar-refractivity contribution in [1.82, 2.24) is 5.32 Å². The number of rotatable bonds is 36. The van der Waals surface area contributed by atoms with Gasteiger partial charge in [-0.3, -0.25) is 9.35 Å². The number of unbranched alkanes of at least 4 members (excludes halogenated alkanes) is 22. The van der Waals surface area contributed by atoms with Gasteiger partial charge in [0.05, 0.1) is 17.9 Å². The lowest BCUT2D eigenvalue weighted by Gasteiger charge is -2.21. The Balaban J connectivity index is 4.00. The standard InChI is InChI=1S/C42H77NO5S/c1-3-5-7-9-11-13-15-17-19-21-22-24-26-28-30-32-34-36-38-42(45)43-40(39-49(46,47)48)41(44)37-35-33-31-29-27-25-23-20-18-16-14-12-10-8-6-4-2/h13,15,19,21,27,29,35,37,40-41,44H,3-12,14,16-18,20,22-26,28,30-34,36,38-39H2,1-2H3,(H,43,45)(H,46,47,48)/b15-13-,21-19-,29-27+,37-35+. The molecule has 0 saturated heterocycles. The Hall–Kier alpha value is -1.70. The minimum Gasteiger partial charge on any atom is -0.387 e. The lowest BCUT2D eigenvalue weighted by Crippen LogP contribution is -2.46. The first-order valence-corrected chi connectivity index (χ1v) is 21.9. The van der Waals surface area contributed by atoms with E-state index in [1.807, 2.05) is 6.08 Å². The van der Waals surface area contributed by atoms with Crippen molar-refractivity contribution in [1.29, 1.82) is 0 Å². The average Bonchev–Trinajstić information content (AvgIpc) is 3.06. The highest BCUT2D eigenvalue weighted by Crippen LogP contribution is 2.13. The van der Waals surface area contributed by atoms with Gasteiger partial charge >= 0.3 is 0 Å². The van der Waals surface area contributed by atoms with Crippen LogP contribution in [-0.4, -0.2) is 41.9 Å². The third-order valence-corrected chi connectivity index (χ3v) is 9.76. The van der Waals surface area contributed by atoms with Gasteiger partial charge in [0.2, 0.25) is 5.91 Å². The number of amides is 1. The van der Waals surface area contributed by atoms with Crippen LogP contribution in [0.2, 0.25) is 0 Å². The fourth-order valence-corrected chi connectivity index (χ4v) is 6.64. The number of carbonyl (C=O) groups is 1. The second-order valence-electron chi connectivity index (χ2n) is 13.9. The third-order valence-electron chi connectivity index (χ3n) is 8.98. The van der Waals surface area contributed by atoms with Crippen molar-refractivity contribution < 1.29 is 22.9 Å². The summed E-state index contributed by atoms with van der Waals surface area (Å²) in [6.07, 6.45) is 48.1. The Bertz CT molecular complexity index is 956. The second kappa shape index (κ2) is 36.1. The highest BCUT2D eigenvalue weighted by Gasteiger charge is 2.24. The third kappa shape index (κ3) is 37.4. The highest BCUT2D eigenvalue weighted by atomic mass is 32.2. The summed E-state index contributed by atoms with van der Waals surface area (Å²) >= 11 is 0. The summed E-state index contributed by atoms with van der Waals surface area (Å²) in [4.78, 5) is 12.5. The fraction of sp³-hybridized carbons (Fsp3) is 0.786. The van der Waals surface area contributed by atoms with Crippen molar-refractivity contribution >= 4 is 16.0 Å². The lowest BCUT2D eigenvalue weighted by atomic mass is 10.1. The SMILES string of the molecule is CCCCCC/C=C\C/C=C\CCCCCCCCCC(=O)NC(CS(=O)(=O)O)C(O)/C=C/CC/C=C/CCCCCCCCCCCC. The normalized spacial score (nSPS) is 13.8. The van der Waals surface area contributed by atoms with E-state index in [0.717, 1.165) is 51.4 Å². The zero-order valence-electron chi connectivity index (χ0n) is 31.8. The maximum atomic E-state index is 12.5. The van der Waals surface area contributed by atoms with Crippen LogP contribution in [0.25, 0.3) is 0 Å². The van der Waals surface area contributed by atoms with Crippen molar-refractivity contribution in [2.45, 2.75) is 206 Å². The van der Waals surface area contributed by atoms with Gasteiger partial charge < -0.3 is 10.4 Å². The van der Waals surface area contributed by atoms with Crippen LogP contribution in [0.1, 0.15) is 194 Å². The van der Waals surface area contributed by atoms with Crippen LogP contribution >= 0.6 is 0 Å². The van der Waals surface area contributed by atoms with Gasteiger partial charge in [-0.2, -0.15) is 8.42 Å². The van der Waals surface area contributed by atoms with E-state index in [9.17, 15) is 22.9 Å². The predicted molar refractivity (Wildman–Crippen MR) is 212 cm³/mol. The molecule has 7 heteroatoms. The Labute approximate surface area is 303 Å². The maximum Gasteiger partial charge on any atom is 0.267 e. The zero-order valence-corrected chi connectivity index (χ0v) is 32.6.